The van der Waals surface area contributed by atoms with E-state index in [4.69, 9.17) is 4.74 Å². The van der Waals surface area contributed by atoms with Gasteiger partial charge >= 0.3 is 16.9 Å². The van der Waals surface area contributed by atoms with Crippen LogP contribution in [-0.2, 0) is 4.74 Å². The van der Waals surface area contributed by atoms with Crippen LogP contribution in [0.25, 0.3) is 0 Å². The van der Waals surface area contributed by atoms with Crippen molar-refractivity contribution in [1.82, 2.24) is 0 Å². The maximum absolute atomic E-state index is 11.8. The highest BCUT2D eigenvalue weighted by Gasteiger charge is 2.17. The van der Waals surface area contributed by atoms with Crippen LogP contribution in [0.15, 0.2) is 36.4 Å². The Labute approximate surface area is 122 Å². The van der Waals surface area contributed by atoms with E-state index >= 15 is 0 Å². The number of rotatable bonds is 4. The molecule has 0 radical (unpaired) electrons. The van der Waals surface area contributed by atoms with E-state index in [9.17, 15) is 19.7 Å². The number of ether oxygens (including phenoxy) is 2. The minimum atomic E-state index is -0.695. The predicted molar refractivity (Wildman–Crippen MR) is 73.7 cm³/mol. The average Bonchev–Trinajstić information content (AvgIpc) is 2.97. The Kier molecular flexibility index (Phi) is 4.29. The first kappa shape index (κ1) is 14.7. The Morgan fingerprint density at radius 2 is 1.76 bits per heavy atom. The van der Waals surface area contributed by atoms with Crippen molar-refractivity contribution >= 4 is 28.3 Å². The Bertz CT molecular complexity index is 691. The van der Waals surface area contributed by atoms with Crippen molar-refractivity contribution in [2.24, 2.45) is 0 Å². The SMILES string of the molecule is COC(=O)c1ccc(OC(=O)c2ccc([N+](=O)[O-])s2)cc1. The molecule has 1 aromatic carbocycles. The third kappa shape index (κ3) is 3.42. The van der Waals surface area contributed by atoms with E-state index < -0.39 is 16.9 Å². The average molecular weight is 307 g/mol. The van der Waals surface area contributed by atoms with Crippen LogP contribution in [0.2, 0.25) is 0 Å². The molecule has 0 N–H and O–H groups in total. The smallest absolute Gasteiger partial charge is 0.353 e. The van der Waals surface area contributed by atoms with Gasteiger partial charge in [0.25, 0.3) is 0 Å². The van der Waals surface area contributed by atoms with Crippen molar-refractivity contribution in [1.29, 1.82) is 0 Å². The van der Waals surface area contributed by atoms with Gasteiger partial charge in [0.15, 0.2) is 0 Å². The van der Waals surface area contributed by atoms with E-state index in [2.05, 4.69) is 4.74 Å². The first-order valence-corrected chi connectivity index (χ1v) is 6.47. The lowest BCUT2D eigenvalue weighted by Crippen LogP contribution is -2.07. The fourth-order valence-electron chi connectivity index (χ4n) is 1.47. The van der Waals surface area contributed by atoms with E-state index in [0.717, 1.165) is 11.3 Å². The molecule has 0 aliphatic carbocycles. The number of benzene rings is 1. The first-order chi connectivity index (χ1) is 10.0. The zero-order valence-electron chi connectivity index (χ0n) is 10.8. The second kappa shape index (κ2) is 6.14. The van der Waals surface area contributed by atoms with Crippen LogP contribution in [0, 0.1) is 10.1 Å². The molecular formula is C13H9NO6S. The second-order valence-electron chi connectivity index (χ2n) is 3.80. The summed E-state index contributed by atoms with van der Waals surface area (Å²) >= 11 is 0.732. The van der Waals surface area contributed by atoms with Crippen molar-refractivity contribution < 1.29 is 24.0 Å². The van der Waals surface area contributed by atoms with Crippen LogP contribution in [0.1, 0.15) is 20.0 Å². The van der Waals surface area contributed by atoms with Gasteiger partial charge in [0, 0.05) is 6.07 Å². The molecule has 0 spiro atoms. The molecule has 7 nitrogen and oxygen atoms in total. The van der Waals surface area contributed by atoms with Gasteiger partial charge in [0.2, 0.25) is 0 Å². The van der Waals surface area contributed by atoms with Crippen molar-refractivity contribution in [2.75, 3.05) is 7.11 Å². The number of carbonyl (C=O) groups is 2. The third-order valence-corrected chi connectivity index (χ3v) is 3.48. The van der Waals surface area contributed by atoms with Crippen LogP contribution in [0.5, 0.6) is 5.75 Å². The Hall–Kier alpha value is -2.74. The minimum absolute atomic E-state index is 0.124. The van der Waals surface area contributed by atoms with Gasteiger partial charge in [-0.1, -0.05) is 11.3 Å². The predicted octanol–water partition coefficient (Wildman–Crippen LogP) is 2.66. The number of carbonyl (C=O) groups excluding carboxylic acids is 2. The highest BCUT2D eigenvalue weighted by Crippen LogP contribution is 2.25. The van der Waals surface area contributed by atoms with Gasteiger partial charge in [0.1, 0.15) is 10.6 Å². The van der Waals surface area contributed by atoms with E-state index in [1.807, 2.05) is 0 Å². The Morgan fingerprint density at radius 3 is 2.29 bits per heavy atom. The van der Waals surface area contributed by atoms with Gasteiger partial charge in [0.05, 0.1) is 17.6 Å². The maximum atomic E-state index is 11.8. The summed E-state index contributed by atoms with van der Waals surface area (Å²) in [5.74, 6) is -0.968. The fraction of sp³-hybridized carbons (Fsp3) is 0.0769. The lowest BCUT2D eigenvalue weighted by molar-refractivity contribution is -0.380. The second-order valence-corrected chi connectivity index (χ2v) is 4.86. The summed E-state index contributed by atoms with van der Waals surface area (Å²) in [6, 6.07) is 8.34. The van der Waals surface area contributed by atoms with Crippen LogP contribution >= 0.6 is 11.3 Å². The molecule has 0 amide bonds. The van der Waals surface area contributed by atoms with Crippen LogP contribution in [0.3, 0.4) is 0 Å². The largest absolute Gasteiger partial charge is 0.465 e. The number of methoxy groups -OCH3 is 1. The molecule has 0 bridgehead atoms. The van der Waals surface area contributed by atoms with Crippen molar-refractivity contribution in [3.05, 3.63) is 57.0 Å². The number of esters is 2. The number of hydrogen-bond acceptors (Lipinski definition) is 7. The molecule has 0 aliphatic heterocycles. The van der Waals surface area contributed by atoms with Gasteiger partial charge in [-0.05, 0) is 30.3 Å². The summed E-state index contributed by atoms with van der Waals surface area (Å²) in [6.07, 6.45) is 0. The molecule has 8 heteroatoms. The lowest BCUT2D eigenvalue weighted by Gasteiger charge is -2.03. The minimum Gasteiger partial charge on any atom is -0.465 e. The zero-order chi connectivity index (χ0) is 15.4. The van der Waals surface area contributed by atoms with Crippen molar-refractivity contribution in [3.63, 3.8) is 0 Å². The van der Waals surface area contributed by atoms with Gasteiger partial charge in [-0.25, -0.2) is 9.59 Å². The first-order valence-electron chi connectivity index (χ1n) is 5.66. The summed E-state index contributed by atoms with van der Waals surface area (Å²) in [7, 11) is 1.26. The molecule has 0 unspecified atom stereocenters. The van der Waals surface area contributed by atoms with Crippen LogP contribution in [-0.4, -0.2) is 24.0 Å². The molecule has 1 heterocycles. The normalized spacial score (nSPS) is 9.95. The Morgan fingerprint density at radius 1 is 1.10 bits per heavy atom. The fourth-order valence-corrected chi connectivity index (χ4v) is 2.17. The number of hydrogen-bond donors (Lipinski definition) is 0. The molecule has 108 valence electrons. The number of nitrogens with zero attached hydrogens (tertiary/aromatic N) is 1. The summed E-state index contributed by atoms with van der Waals surface area (Å²) in [4.78, 5) is 33.1. The molecule has 1 aromatic heterocycles. The Balaban J connectivity index is 2.08. The molecule has 0 saturated carbocycles. The quantitative estimate of drug-likeness (QED) is 0.373. The molecular weight excluding hydrogens is 298 g/mol. The highest BCUT2D eigenvalue weighted by atomic mass is 32.1. The standard InChI is InChI=1S/C13H9NO6S/c1-19-12(15)8-2-4-9(5-3-8)20-13(16)10-6-7-11(21-10)14(17)18/h2-7H,1H3. The monoisotopic (exact) mass is 307 g/mol. The highest BCUT2D eigenvalue weighted by molar-refractivity contribution is 7.17. The number of nitro groups is 1. The van der Waals surface area contributed by atoms with Gasteiger partial charge in [-0.15, -0.1) is 0 Å². The number of thiophene rings is 1. The molecule has 21 heavy (non-hydrogen) atoms. The summed E-state index contributed by atoms with van der Waals surface area (Å²) < 4.78 is 9.60. The van der Waals surface area contributed by atoms with E-state index in [0.29, 0.717) is 5.56 Å². The molecule has 2 aromatic rings. The van der Waals surface area contributed by atoms with Crippen LogP contribution in [0.4, 0.5) is 5.00 Å². The maximum Gasteiger partial charge on any atom is 0.353 e. The molecule has 0 saturated heterocycles. The van der Waals surface area contributed by atoms with E-state index in [1.165, 1.54) is 43.5 Å². The van der Waals surface area contributed by atoms with Crippen molar-refractivity contribution in [3.8, 4) is 5.75 Å². The van der Waals surface area contributed by atoms with E-state index in [1.54, 1.807) is 0 Å². The molecule has 0 aliphatic rings. The van der Waals surface area contributed by atoms with Crippen LogP contribution < -0.4 is 4.74 Å². The zero-order valence-corrected chi connectivity index (χ0v) is 11.6. The summed E-state index contributed by atoms with van der Waals surface area (Å²) in [5, 5.41) is 10.4. The summed E-state index contributed by atoms with van der Waals surface area (Å²) in [5.41, 5.74) is 0.323. The van der Waals surface area contributed by atoms with Gasteiger partial charge < -0.3 is 9.47 Å². The molecule has 0 fully saturated rings. The third-order valence-electron chi connectivity index (χ3n) is 2.46. The van der Waals surface area contributed by atoms with Gasteiger partial charge in [-0.3, -0.25) is 10.1 Å². The van der Waals surface area contributed by atoms with Crippen molar-refractivity contribution in [2.45, 2.75) is 0 Å². The molecule has 2 rings (SSSR count). The molecule has 0 atom stereocenters. The van der Waals surface area contributed by atoms with Gasteiger partial charge in [-0.2, -0.15) is 0 Å². The topological polar surface area (TPSA) is 95.7 Å². The lowest BCUT2D eigenvalue weighted by atomic mass is 10.2. The summed E-state index contributed by atoms with van der Waals surface area (Å²) in [6.45, 7) is 0. The van der Waals surface area contributed by atoms with E-state index in [-0.39, 0.29) is 15.6 Å².